The number of nitrogens with one attached hydrogen (secondary N) is 3. The molecule has 0 radical (unpaired) electrons. The number of aromatic amines is 2. The molecule has 0 aliphatic heterocycles. The highest BCUT2D eigenvalue weighted by atomic mass is 79.9. The van der Waals surface area contributed by atoms with Gasteiger partial charge in [0.15, 0.2) is 0 Å². The van der Waals surface area contributed by atoms with Crippen molar-refractivity contribution in [3.05, 3.63) is 160 Å². The number of fused-ring (bicyclic) bond motifs is 2. The molecule has 1 amide bonds. The fraction of sp³-hybridized carbons (Fsp3) is 0.0789. The Morgan fingerprint density at radius 2 is 1.33 bits per heavy atom. The minimum atomic E-state index is -0.0811. The zero-order valence-corrected chi connectivity index (χ0v) is 25.3. The minimum absolute atomic E-state index is 0.0169. The average molecular weight is 625 g/mol. The lowest BCUT2D eigenvalue weighted by atomic mass is 9.84. The van der Waals surface area contributed by atoms with E-state index in [1.807, 2.05) is 18.2 Å². The lowest BCUT2D eigenvalue weighted by Crippen LogP contribution is -2.08. The van der Waals surface area contributed by atoms with Crippen molar-refractivity contribution in [2.75, 3.05) is 5.32 Å². The summed E-state index contributed by atoms with van der Waals surface area (Å²) in [7, 11) is 0. The highest BCUT2D eigenvalue weighted by Gasteiger charge is 2.28. The van der Waals surface area contributed by atoms with Crippen LogP contribution in [0.3, 0.4) is 0 Å². The van der Waals surface area contributed by atoms with E-state index in [1.54, 1.807) is 6.92 Å². The van der Waals surface area contributed by atoms with Crippen LogP contribution in [0.5, 0.6) is 0 Å². The summed E-state index contributed by atoms with van der Waals surface area (Å²) in [5.74, 6) is -0.0980. The second-order valence-electron chi connectivity index (χ2n) is 10.9. The van der Waals surface area contributed by atoms with Gasteiger partial charge in [0.25, 0.3) is 0 Å². The summed E-state index contributed by atoms with van der Waals surface area (Å²) in [6, 6.07) is 44.5. The molecule has 7 rings (SSSR count). The number of carbonyl (C=O) groups excluding carboxylic acids is 1. The van der Waals surface area contributed by atoms with Gasteiger partial charge in [-0.15, -0.1) is 0 Å². The lowest BCUT2D eigenvalue weighted by molar-refractivity contribution is -0.114. The Kier molecular flexibility index (Phi) is 7.17. The molecule has 0 saturated heterocycles. The van der Waals surface area contributed by atoms with Gasteiger partial charge in [0.2, 0.25) is 5.91 Å². The third-order valence-electron chi connectivity index (χ3n) is 8.07. The van der Waals surface area contributed by atoms with E-state index in [9.17, 15) is 4.79 Å². The van der Waals surface area contributed by atoms with E-state index in [2.05, 4.69) is 140 Å². The number of amides is 1. The number of H-pyrrole nitrogens is 2. The first-order valence-corrected chi connectivity index (χ1v) is 15.2. The number of rotatable bonds is 7. The van der Waals surface area contributed by atoms with E-state index < -0.39 is 0 Å². The molecule has 0 spiro atoms. The molecule has 4 nitrogen and oxygen atoms in total. The quantitative estimate of drug-likeness (QED) is 0.162. The molecule has 0 aliphatic carbocycles. The molecule has 7 aromatic rings. The van der Waals surface area contributed by atoms with Crippen LogP contribution >= 0.6 is 15.9 Å². The summed E-state index contributed by atoms with van der Waals surface area (Å²) in [6.45, 7) is 1.55. The van der Waals surface area contributed by atoms with Crippen LogP contribution in [0, 0.1) is 0 Å². The van der Waals surface area contributed by atoms with Crippen molar-refractivity contribution in [1.82, 2.24) is 9.97 Å². The van der Waals surface area contributed by atoms with Crippen LogP contribution in [-0.4, -0.2) is 15.9 Å². The smallest absolute Gasteiger partial charge is 0.221 e. The molecule has 0 saturated carbocycles. The third-order valence-corrected chi connectivity index (χ3v) is 8.57. The maximum Gasteiger partial charge on any atom is 0.221 e. The fourth-order valence-electron chi connectivity index (χ4n) is 6.29. The summed E-state index contributed by atoms with van der Waals surface area (Å²) in [5.41, 5.74) is 11.1. The van der Waals surface area contributed by atoms with Gasteiger partial charge in [0.1, 0.15) is 0 Å². The van der Waals surface area contributed by atoms with Crippen LogP contribution < -0.4 is 5.32 Å². The standard InChI is InChI=1S/C38H30BrN3O/c1-24(43)40-31-18-10-8-16-27(31)22-34-36(29-17-9-11-19-32(29)41-34)37-30-21-20-28(39)23-33(30)42-38(37)35(25-12-4-2-5-13-25)26-14-6-3-7-15-26/h2-21,23,35,41-42H,22H2,1H3,(H,40,43). The Bertz CT molecular complexity index is 2040. The van der Waals surface area contributed by atoms with Crippen molar-refractivity contribution in [1.29, 1.82) is 0 Å². The number of benzene rings is 5. The molecule has 0 unspecified atom stereocenters. The Morgan fingerprint density at radius 3 is 2.05 bits per heavy atom. The summed E-state index contributed by atoms with van der Waals surface area (Å²) in [5, 5.41) is 5.36. The van der Waals surface area contributed by atoms with Gasteiger partial charge in [-0.05, 0) is 41.0 Å². The first-order valence-electron chi connectivity index (χ1n) is 14.4. The number of para-hydroxylation sites is 2. The largest absolute Gasteiger partial charge is 0.358 e. The van der Waals surface area contributed by atoms with E-state index in [0.717, 1.165) is 43.5 Å². The number of halogens is 1. The van der Waals surface area contributed by atoms with Crippen molar-refractivity contribution in [3.8, 4) is 11.1 Å². The molecule has 2 heterocycles. The lowest BCUT2D eigenvalue weighted by Gasteiger charge is -2.20. The maximum atomic E-state index is 12.0. The van der Waals surface area contributed by atoms with E-state index in [-0.39, 0.29) is 11.8 Å². The van der Waals surface area contributed by atoms with Crippen molar-refractivity contribution < 1.29 is 4.79 Å². The highest BCUT2D eigenvalue weighted by molar-refractivity contribution is 9.10. The van der Waals surface area contributed by atoms with Crippen LogP contribution in [0.15, 0.2) is 132 Å². The van der Waals surface area contributed by atoms with Crippen LogP contribution in [0.4, 0.5) is 5.69 Å². The maximum absolute atomic E-state index is 12.0. The van der Waals surface area contributed by atoms with Gasteiger partial charge in [-0.3, -0.25) is 4.79 Å². The SMILES string of the molecule is CC(=O)Nc1ccccc1Cc1[nH]c2ccccc2c1-c1c(C(c2ccccc2)c2ccccc2)[nH]c2cc(Br)ccc12. The summed E-state index contributed by atoms with van der Waals surface area (Å²) >= 11 is 3.71. The predicted octanol–water partition coefficient (Wildman–Crippen LogP) is 9.81. The Hall–Kier alpha value is -4.87. The van der Waals surface area contributed by atoms with E-state index in [4.69, 9.17) is 0 Å². The van der Waals surface area contributed by atoms with Crippen LogP contribution in [0.25, 0.3) is 32.9 Å². The topological polar surface area (TPSA) is 60.7 Å². The predicted molar refractivity (Wildman–Crippen MR) is 181 cm³/mol. The van der Waals surface area contributed by atoms with Gasteiger partial charge in [0, 0.05) is 73.7 Å². The molecule has 0 fully saturated rings. The first-order chi connectivity index (χ1) is 21.1. The summed E-state index contributed by atoms with van der Waals surface area (Å²) < 4.78 is 1.03. The Morgan fingerprint density at radius 1 is 0.698 bits per heavy atom. The van der Waals surface area contributed by atoms with Crippen LogP contribution in [0.2, 0.25) is 0 Å². The number of anilines is 1. The van der Waals surface area contributed by atoms with Gasteiger partial charge >= 0.3 is 0 Å². The number of aromatic nitrogens is 2. The van der Waals surface area contributed by atoms with E-state index in [0.29, 0.717) is 6.42 Å². The molecule has 5 heteroatoms. The molecular weight excluding hydrogens is 594 g/mol. The summed E-state index contributed by atoms with van der Waals surface area (Å²) in [6.07, 6.45) is 0.629. The number of hydrogen-bond donors (Lipinski definition) is 3. The molecule has 3 N–H and O–H groups in total. The van der Waals surface area contributed by atoms with Gasteiger partial charge in [-0.2, -0.15) is 0 Å². The van der Waals surface area contributed by atoms with Gasteiger partial charge < -0.3 is 15.3 Å². The Labute approximate surface area is 258 Å². The normalized spacial score (nSPS) is 11.4. The van der Waals surface area contributed by atoms with Gasteiger partial charge in [-0.25, -0.2) is 0 Å². The van der Waals surface area contributed by atoms with E-state index in [1.165, 1.54) is 27.6 Å². The number of carbonyl (C=O) groups is 1. The fourth-order valence-corrected chi connectivity index (χ4v) is 6.65. The minimum Gasteiger partial charge on any atom is -0.358 e. The van der Waals surface area contributed by atoms with Gasteiger partial charge in [-0.1, -0.05) is 119 Å². The zero-order chi connectivity index (χ0) is 29.3. The van der Waals surface area contributed by atoms with Crippen molar-refractivity contribution >= 4 is 49.3 Å². The average Bonchev–Trinajstić information content (AvgIpc) is 3.56. The first kappa shape index (κ1) is 27.0. The zero-order valence-electron chi connectivity index (χ0n) is 23.7. The van der Waals surface area contributed by atoms with Crippen molar-refractivity contribution in [2.45, 2.75) is 19.3 Å². The van der Waals surface area contributed by atoms with Crippen molar-refractivity contribution in [2.24, 2.45) is 0 Å². The molecular formula is C38H30BrN3O. The second kappa shape index (κ2) is 11.4. The molecule has 210 valence electrons. The van der Waals surface area contributed by atoms with Crippen LogP contribution in [0.1, 0.15) is 40.9 Å². The van der Waals surface area contributed by atoms with E-state index >= 15 is 0 Å². The molecule has 0 bridgehead atoms. The highest BCUT2D eigenvalue weighted by Crippen LogP contribution is 2.46. The van der Waals surface area contributed by atoms with Gasteiger partial charge in [0.05, 0.1) is 0 Å². The molecule has 0 atom stereocenters. The second-order valence-corrected chi connectivity index (χ2v) is 11.8. The molecule has 0 aliphatic rings. The van der Waals surface area contributed by atoms with Crippen LogP contribution in [-0.2, 0) is 11.2 Å². The monoisotopic (exact) mass is 623 g/mol. The molecule has 2 aromatic heterocycles. The molecule has 5 aromatic carbocycles. The Balaban J connectivity index is 1.53. The number of hydrogen-bond acceptors (Lipinski definition) is 1. The molecule has 43 heavy (non-hydrogen) atoms. The summed E-state index contributed by atoms with van der Waals surface area (Å²) in [4.78, 5) is 19.7. The van der Waals surface area contributed by atoms with Crippen molar-refractivity contribution in [3.63, 3.8) is 0 Å². The third kappa shape index (κ3) is 5.17.